The van der Waals surface area contributed by atoms with Gasteiger partial charge in [-0.05, 0) is 44.0 Å². The molecule has 0 spiro atoms. The summed E-state index contributed by atoms with van der Waals surface area (Å²) >= 11 is 0. The molecular weight excluding hydrogens is 288 g/mol. The topological polar surface area (TPSA) is 60.9 Å². The summed E-state index contributed by atoms with van der Waals surface area (Å²) in [5.41, 5.74) is 0.477. The van der Waals surface area contributed by atoms with Gasteiger partial charge in [-0.1, -0.05) is 18.2 Å². The van der Waals surface area contributed by atoms with Crippen LogP contribution in [0.3, 0.4) is 0 Å². The highest BCUT2D eigenvalue weighted by molar-refractivity contribution is 7.89. The first kappa shape index (κ1) is 15.0. The number of hydrogen-bond acceptors (Lipinski definition) is 4. The molecule has 116 valence electrons. The quantitative estimate of drug-likeness (QED) is 0.906. The molecule has 2 saturated heterocycles. The van der Waals surface area contributed by atoms with Crippen molar-refractivity contribution < 1.29 is 13.5 Å². The van der Waals surface area contributed by atoms with Crippen molar-refractivity contribution >= 4 is 10.0 Å². The minimum absolute atomic E-state index is 0.249. The van der Waals surface area contributed by atoms with E-state index in [1.807, 2.05) is 0 Å². The third-order valence-corrected chi connectivity index (χ3v) is 6.49. The standard InChI is InChI=1S/C15H22N2O3S/c18-12-13-5-1-2-7-15(13)21(19,20)17-10-4-9-16-8-3-6-14(16)11-17/h1-2,5,7,14,18H,3-4,6,8-12H2. The van der Waals surface area contributed by atoms with Crippen molar-refractivity contribution in [2.75, 3.05) is 26.2 Å². The van der Waals surface area contributed by atoms with Gasteiger partial charge in [-0.2, -0.15) is 4.31 Å². The first-order valence-corrected chi connectivity index (χ1v) is 9.00. The lowest BCUT2D eigenvalue weighted by molar-refractivity contribution is 0.257. The lowest BCUT2D eigenvalue weighted by Gasteiger charge is -2.25. The molecule has 21 heavy (non-hydrogen) atoms. The number of fused-ring (bicyclic) bond motifs is 1. The number of sulfonamides is 1. The van der Waals surface area contributed by atoms with E-state index in [0.29, 0.717) is 24.7 Å². The molecule has 0 aliphatic carbocycles. The molecule has 1 aromatic carbocycles. The Hall–Kier alpha value is -0.950. The van der Waals surface area contributed by atoms with E-state index in [4.69, 9.17) is 0 Å². The third-order valence-electron chi connectivity index (χ3n) is 4.53. The van der Waals surface area contributed by atoms with Crippen molar-refractivity contribution in [3.8, 4) is 0 Å². The summed E-state index contributed by atoms with van der Waals surface area (Å²) in [5, 5.41) is 9.39. The Balaban J connectivity index is 1.90. The second-order valence-corrected chi connectivity index (χ2v) is 7.72. The van der Waals surface area contributed by atoms with Gasteiger partial charge in [0.2, 0.25) is 10.0 Å². The summed E-state index contributed by atoms with van der Waals surface area (Å²) in [6.45, 7) is 2.96. The molecule has 0 radical (unpaired) electrons. The highest BCUT2D eigenvalue weighted by Gasteiger charge is 2.34. The smallest absolute Gasteiger partial charge is 0.243 e. The lowest BCUT2D eigenvalue weighted by atomic mass is 10.2. The first-order valence-electron chi connectivity index (χ1n) is 7.56. The zero-order valence-electron chi connectivity index (χ0n) is 12.1. The van der Waals surface area contributed by atoms with Crippen molar-refractivity contribution in [1.29, 1.82) is 0 Å². The predicted octanol–water partition coefficient (Wildman–Crippen LogP) is 1.04. The number of aliphatic hydroxyl groups excluding tert-OH is 1. The van der Waals surface area contributed by atoms with Crippen molar-refractivity contribution in [2.45, 2.75) is 36.8 Å². The van der Waals surface area contributed by atoms with Gasteiger partial charge in [0.1, 0.15) is 0 Å². The van der Waals surface area contributed by atoms with Gasteiger partial charge in [-0.25, -0.2) is 8.42 Å². The number of nitrogens with zero attached hydrogens (tertiary/aromatic N) is 2. The SMILES string of the molecule is O=S(=O)(c1ccccc1CO)N1CCCN2CCCC2C1. The second-order valence-electron chi connectivity index (χ2n) is 5.81. The van der Waals surface area contributed by atoms with E-state index in [-0.39, 0.29) is 11.5 Å². The fourth-order valence-corrected chi connectivity index (χ4v) is 5.15. The molecule has 0 bridgehead atoms. The Kier molecular flexibility index (Phi) is 4.31. The summed E-state index contributed by atoms with van der Waals surface area (Å²) in [6.07, 6.45) is 3.11. The molecule has 1 aromatic rings. The zero-order chi connectivity index (χ0) is 14.9. The molecule has 0 amide bonds. The molecule has 0 saturated carbocycles. The van der Waals surface area contributed by atoms with Crippen LogP contribution in [0.4, 0.5) is 0 Å². The Bertz CT molecular complexity index is 603. The van der Waals surface area contributed by atoms with Crippen LogP contribution in [-0.2, 0) is 16.6 Å². The highest BCUT2D eigenvalue weighted by Crippen LogP contribution is 2.26. The summed E-state index contributed by atoms with van der Waals surface area (Å²) in [7, 11) is -3.52. The molecule has 1 N–H and O–H groups in total. The van der Waals surface area contributed by atoms with Crippen LogP contribution in [0.2, 0.25) is 0 Å². The molecule has 5 nitrogen and oxygen atoms in total. The fourth-order valence-electron chi connectivity index (χ4n) is 3.42. The summed E-state index contributed by atoms with van der Waals surface area (Å²) in [5.74, 6) is 0. The molecule has 2 fully saturated rings. The van der Waals surface area contributed by atoms with E-state index in [2.05, 4.69) is 4.90 Å². The van der Waals surface area contributed by atoms with E-state index < -0.39 is 10.0 Å². The van der Waals surface area contributed by atoms with Crippen LogP contribution < -0.4 is 0 Å². The van der Waals surface area contributed by atoms with E-state index in [0.717, 1.165) is 32.4 Å². The largest absolute Gasteiger partial charge is 0.392 e. The highest BCUT2D eigenvalue weighted by atomic mass is 32.2. The molecule has 2 aliphatic rings. The van der Waals surface area contributed by atoms with Gasteiger partial charge >= 0.3 is 0 Å². The van der Waals surface area contributed by atoms with Crippen LogP contribution in [0.1, 0.15) is 24.8 Å². The average molecular weight is 310 g/mol. The molecule has 0 aromatic heterocycles. The van der Waals surface area contributed by atoms with E-state index in [1.54, 1.807) is 28.6 Å². The molecule has 6 heteroatoms. The van der Waals surface area contributed by atoms with Gasteiger partial charge < -0.3 is 5.11 Å². The first-order chi connectivity index (χ1) is 10.1. The maximum atomic E-state index is 12.9. The van der Waals surface area contributed by atoms with Crippen LogP contribution in [-0.4, -0.2) is 55.0 Å². The maximum absolute atomic E-state index is 12.9. The minimum atomic E-state index is -3.52. The lowest BCUT2D eigenvalue weighted by Crippen LogP contribution is -2.39. The van der Waals surface area contributed by atoms with Crippen molar-refractivity contribution in [1.82, 2.24) is 9.21 Å². The predicted molar refractivity (Wildman–Crippen MR) is 80.3 cm³/mol. The van der Waals surface area contributed by atoms with Crippen molar-refractivity contribution in [3.05, 3.63) is 29.8 Å². The number of aliphatic hydroxyl groups is 1. The Labute approximate surface area is 126 Å². The Morgan fingerprint density at radius 3 is 2.71 bits per heavy atom. The summed E-state index contributed by atoms with van der Waals surface area (Å²) in [4.78, 5) is 2.66. The Morgan fingerprint density at radius 1 is 1.14 bits per heavy atom. The molecule has 1 unspecified atom stereocenters. The van der Waals surface area contributed by atoms with Crippen LogP contribution in [0, 0.1) is 0 Å². The maximum Gasteiger partial charge on any atom is 0.243 e. The van der Waals surface area contributed by atoms with E-state index in [9.17, 15) is 13.5 Å². The van der Waals surface area contributed by atoms with Crippen LogP contribution in [0.15, 0.2) is 29.2 Å². The van der Waals surface area contributed by atoms with Gasteiger partial charge in [-0.3, -0.25) is 4.90 Å². The third kappa shape index (κ3) is 2.85. The summed E-state index contributed by atoms with van der Waals surface area (Å²) < 4.78 is 27.4. The van der Waals surface area contributed by atoms with E-state index in [1.165, 1.54) is 0 Å². The fraction of sp³-hybridized carbons (Fsp3) is 0.600. The van der Waals surface area contributed by atoms with Gasteiger partial charge in [0.25, 0.3) is 0 Å². The molecular formula is C15H22N2O3S. The molecule has 2 heterocycles. The summed E-state index contributed by atoms with van der Waals surface area (Å²) in [6, 6.07) is 7.09. The van der Waals surface area contributed by atoms with Crippen LogP contribution in [0.25, 0.3) is 0 Å². The number of rotatable bonds is 3. The molecule has 2 aliphatic heterocycles. The number of benzene rings is 1. The van der Waals surface area contributed by atoms with E-state index >= 15 is 0 Å². The monoisotopic (exact) mass is 310 g/mol. The molecule has 3 rings (SSSR count). The number of hydrogen-bond donors (Lipinski definition) is 1. The van der Waals surface area contributed by atoms with Gasteiger partial charge in [0.15, 0.2) is 0 Å². The average Bonchev–Trinajstić information content (AvgIpc) is 2.83. The van der Waals surface area contributed by atoms with Gasteiger partial charge in [0.05, 0.1) is 11.5 Å². The second kappa shape index (κ2) is 6.04. The van der Waals surface area contributed by atoms with Crippen molar-refractivity contribution in [3.63, 3.8) is 0 Å². The van der Waals surface area contributed by atoms with Crippen molar-refractivity contribution in [2.24, 2.45) is 0 Å². The van der Waals surface area contributed by atoms with Crippen LogP contribution in [0.5, 0.6) is 0 Å². The normalized spacial score (nSPS) is 24.7. The zero-order valence-corrected chi connectivity index (χ0v) is 12.9. The van der Waals surface area contributed by atoms with Gasteiger partial charge in [-0.15, -0.1) is 0 Å². The van der Waals surface area contributed by atoms with Crippen LogP contribution >= 0.6 is 0 Å². The minimum Gasteiger partial charge on any atom is -0.392 e. The van der Waals surface area contributed by atoms with Gasteiger partial charge in [0, 0.05) is 19.1 Å². The molecule has 1 atom stereocenters. The Morgan fingerprint density at radius 2 is 1.90 bits per heavy atom.